The van der Waals surface area contributed by atoms with E-state index in [4.69, 9.17) is 4.74 Å². The van der Waals surface area contributed by atoms with Crippen LogP contribution in [-0.4, -0.2) is 17.1 Å². The predicted molar refractivity (Wildman–Crippen MR) is 120 cm³/mol. The molecule has 0 N–H and O–H groups in total. The molecule has 0 saturated carbocycles. The normalized spacial score (nSPS) is 13.6. The molecule has 1 rings (SSSR count). The van der Waals surface area contributed by atoms with Crippen LogP contribution < -0.4 is 0 Å². The summed E-state index contributed by atoms with van der Waals surface area (Å²) in [6.45, 7) is 13.9. The van der Waals surface area contributed by atoms with E-state index in [0.29, 0.717) is 16.8 Å². The highest BCUT2D eigenvalue weighted by Crippen LogP contribution is 2.26. The van der Waals surface area contributed by atoms with Crippen molar-refractivity contribution in [1.29, 1.82) is 5.26 Å². The van der Waals surface area contributed by atoms with Gasteiger partial charge in [-0.05, 0) is 56.9 Å². The van der Waals surface area contributed by atoms with E-state index in [2.05, 4.69) is 12.6 Å². The van der Waals surface area contributed by atoms with Crippen molar-refractivity contribution in [2.45, 2.75) is 34.6 Å². The van der Waals surface area contributed by atoms with Crippen LogP contribution >= 0.6 is 0 Å². The summed E-state index contributed by atoms with van der Waals surface area (Å²) in [4.78, 5) is 12.4. The second kappa shape index (κ2) is 11.5. The number of aryl methyl sites for hydroxylation is 1. The number of rotatable bonds is 8. The number of carbonyl (C=O) groups excluding carboxylic acids is 1. The monoisotopic (exact) mass is 390 g/mol. The Balaban J connectivity index is 3.45. The molecule has 4 heteroatoms. The van der Waals surface area contributed by atoms with Crippen molar-refractivity contribution >= 4 is 11.5 Å². The van der Waals surface area contributed by atoms with Gasteiger partial charge in [-0.25, -0.2) is 4.79 Å². The van der Waals surface area contributed by atoms with Gasteiger partial charge < -0.3 is 9.30 Å². The summed E-state index contributed by atoms with van der Waals surface area (Å²) in [6.07, 6.45) is 15.3. The molecule has 0 spiro atoms. The van der Waals surface area contributed by atoms with E-state index < -0.39 is 5.97 Å². The maximum Gasteiger partial charge on any atom is 0.355 e. The van der Waals surface area contributed by atoms with Gasteiger partial charge in [-0.3, -0.25) is 0 Å². The van der Waals surface area contributed by atoms with Crippen LogP contribution in [0.15, 0.2) is 72.0 Å². The van der Waals surface area contributed by atoms with Gasteiger partial charge in [-0.15, -0.1) is 0 Å². The molecule has 1 heterocycles. The molecule has 0 aliphatic carbocycles. The van der Waals surface area contributed by atoms with Crippen molar-refractivity contribution in [2.75, 3.05) is 6.61 Å². The first-order chi connectivity index (χ1) is 13.8. The number of hydrogen-bond donors (Lipinski definition) is 0. The van der Waals surface area contributed by atoms with Gasteiger partial charge in [0.1, 0.15) is 11.8 Å². The van der Waals surface area contributed by atoms with E-state index in [0.717, 1.165) is 22.3 Å². The van der Waals surface area contributed by atoms with Crippen molar-refractivity contribution in [1.82, 2.24) is 4.57 Å². The Hall–Kier alpha value is -3.32. The Labute approximate surface area is 174 Å². The maximum absolute atomic E-state index is 12.4. The largest absolute Gasteiger partial charge is 0.461 e. The Kier molecular flexibility index (Phi) is 9.41. The lowest BCUT2D eigenvalue weighted by molar-refractivity contribution is 0.0515. The van der Waals surface area contributed by atoms with Crippen LogP contribution in [0, 0.1) is 11.3 Å². The standard InChI is InChI=1S/C25H30N2O2/c1-8-11-12-13-18(4)20(6)21(9-2)15-14-19(5)23-22(16-26)17-27(7)24(23)25(28)29-10-3/h8-9,11-15,17H,2,10H2,1,3-7H3/b11-8-,13-12-,19-14+,20-18+,21-15+. The summed E-state index contributed by atoms with van der Waals surface area (Å²) in [5.74, 6) is -0.437. The molecule has 1 aromatic heterocycles. The van der Waals surface area contributed by atoms with Crippen molar-refractivity contribution < 1.29 is 9.53 Å². The molecule has 0 aliphatic rings. The molecular weight excluding hydrogens is 360 g/mol. The number of esters is 1. The third-order valence-corrected chi connectivity index (χ3v) is 4.57. The van der Waals surface area contributed by atoms with Crippen molar-refractivity contribution in [3.63, 3.8) is 0 Å². The van der Waals surface area contributed by atoms with E-state index in [1.807, 2.05) is 64.2 Å². The first-order valence-electron chi connectivity index (χ1n) is 9.57. The number of nitrogens with zero attached hydrogens (tertiary/aromatic N) is 2. The van der Waals surface area contributed by atoms with Crippen molar-refractivity contribution in [3.05, 3.63) is 88.8 Å². The number of nitriles is 1. The number of ether oxygens (including phenoxy) is 1. The highest BCUT2D eigenvalue weighted by molar-refractivity contribution is 5.95. The van der Waals surface area contributed by atoms with Gasteiger partial charge in [0.2, 0.25) is 0 Å². The van der Waals surface area contributed by atoms with E-state index in [1.165, 1.54) is 0 Å². The van der Waals surface area contributed by atoms with Crippen LogP contribution in [0.25, 0.3) is 5.57 Å². The third-order valence-electron chi connectivity index (χ3n) is 4.57. The van der Waals surface area contributed by atoms with Gasteiger partial charge in [0.25, 0.3) is 0 Å². The molecule has 0 bridgehead atoms. The molecule has 0 saturated heterocycles. The molecule has 152 valence electrons. The molecule has 0 unspecified atom stereocenters. The second-order valence-corrected chi connectivity index (χ2v) is 6.58. The molecule has 4 nitrogen and oxygen atoms in total. The average Bonchev–Trinajstić information content (AvgIpc) is 3.04. The lowest BCUT2D eigenvalue weighted by atomic mass is 9.99. The first kappa shape index (κ1) is 23.7. The minimum absolute atomic E-state index is 0.276. The molecule has 0 atom stereocenters. The molecular formula is C25H30N2O2. The topological polar surface area (TPSA) is 55.0 Å². The number of hydrogen-bond acceptors (Lipinski definition) is 3. The van der Waals surface area contributed by atoms with Crippen LogP contribution in [0.3, 0.4) is 0 Å². The zero-order valence-electron chi connectivity index (χ0n) is 18.2. The summed E-state index contributed by atoms with van der Waals surface area (Å²) in [5, 5.41) is 9.51. The summed E-state index contributed by atoms with van der Waals surface area (Å²) in [6, 6.07) is 2.17. The van der Waals surface area contributed by atoms with E-state index >= 15 is 0 Å². The van der Waals surface area contributed by atoms with Gasteiger partial charge in [0.15, 0.2) is 0 Å². The van der Waals surface area contributed by atoms with Crippen molar-refractivity contribution in [2.24, 2.45) is 7.05 Å². The fraction of sp³-hybridized carbons (Fsp3) is 0.280. The maximum atomic E-state index is 12.4. The molecule has 0 aliphatic heterocycles. The minimum Gasteiger partial charge on any atom is -0.461 e. The number of aromatic nitrogens is 1. The Bertz CT molecular complexity index is 958. The highest BCUT2D eigenvalue weighted by atomic mass is 16.5. The quantitative estimate of drug-likeness (QED) is 0.400. The second-order valence-electron chi connectivity index (χ2n) is 6.58. The number of carbonyl (C=O) groups is 1. The van der Waals surface area contributed by atoms with Crippen LogP contribution in [-0.2, 0) is 11.8 Å². The van der Waals surface area contributed by atoms with Crippen LogP contribution in [0.1, 0.15) is 56.2 Å². The van der Waals surface area contributed by atoms with Gasteiger partial charge in [-0.2, -0.15) is 5.26 Å². The average molecular weight is 391 g/mol. The molecule has 0 fully saturated rings. The lowest BCUT2D eigenvalue weighted by Crippen LogP contribution is -2.11. The Morgan fingerprint density at radius 1 is 1.28 bits per heavy atom. The molecule has 0 amide bonds. The fourth-order valence-corrected chi connectivity index (χ4v) is 2.86. The Morgan fingerprint density at radius 2 is 1.97 bits per heavy atom. The zero-order valence-corrected chi connectivity index (χ0v) is 18.2. The fourth-order valence-electron chi connectivity index (χ4n) is 2.86. The van der Waals surface area contributed by atoms with Crippen molar-refractivity contribution in [3.8, 4) is 6.07 Å². The molecule has 1 aromatic rings. The summed E-state index contributed by atoms with van der Waals surface area (Å²) in [7, 11) is 1.74. The predicted octanol–water partition coefficient (Wildman–Crippen LogP) is 6.06. The van der Waals surface area contributed by atoms with E-state index in [9.17, 15) is 10.1 Å². The first-order valence-corrected chi connectivity index (χ1v) is 9.57. The van der Waals surface area contributed by atoms with Crippen LogP contribution in [0.2, 0.25) is 0 Å². The molecule has 0 radical (unpaired) electrons. The van der Waals surface area contributed by atoms with Gasteiger partial charge in [-0.1, -0.05) is 49.1 Å². The molecule has 29 heavy (non-hydrogen) atoms. The van der Waals surface area contributed by atoms with Crippen LogP contribution in [0.4, 0.5) is 0 Å². The Morgan fingerprint density at radius 3 is 2.52 bits per heavy atom. The van der Waals surface area contributed by atoms with Gasteiger partial charge in [0, 0.05) is 18.8 Å². The summed E-state index contributed by atoms with van der Waals surface area (Å²) < 4.78 is 6.81. The zero-order chi connectivity index (χ0) is 22.0. The third kappa shape index (κ3) is 6.08. The number of allylic oxidation sites excluding steroid dienone is 11. The summed E-state index contributed by atoms with van der Waals surface area (Å²) in [5.41, 5.74) is 5.42. The smallest absolute Gasteiger partial charge is 0.355 e. The molecule has 0 aromatic carbocycles. The summed E-state index contributed by atoms with van der Waals surface area (Å²) >= 11 is 0. The van der Waals surface area contributed by atoms with E-state index in [-0.39, 0.29) is 6.61 Å². The SMILES string of the molecule is C=CC(=C\C=C(/C)c1c(C#N)cn(C)c1C(=O)OCC)/C(C)=C(C)/C=C\C=C/C. The van der Waals surface area contributed by atoms with Gasteiger partial charge >= 0.3 is 5.97 Å². The lowest BCUT2D eigenvalue weighted by Gasteiger charge is -2.08. The van der Waals surface area contributed by atoms with E-state index in [1.54, 1.807) is 30.8 Å². The van der Waals surface area contributed by atoms with Crippen LogP contribution in [0.5, 0.6) is 0 Å². The minimum atomic E-state index is -0.437. The highest BCUT2D eigenvalue weighted by Gasteiger charge is 2.22. The van der Waals surface area contributed by atoms with Gasteiger partial charge in [0.05, 0.1) is 12.2 Å².